The summed E-state index contributed by atoms with van der Waals surface area (Å²) in [5.41, 5.74) is 0.609. The zero-order valence-corrected chi connectivity index (χ0v) is 7.83. The van der Waals surface area contributed by atoms with E-state index in [0.717, 1.165) is 0 Å². The summed E-state index contributed by atoms with van der Waals surface area (Å²) in [6.45, 7) is 1.53. The number of aromatic carboxylic acids is 1. The number of alkyl halides is 1. The van der Waals surface area contributed by atoms with Crippen molar-refractivity contribution < 1.29 is 14.3 Å². The van der Waals surface area contributed by atoms with Crippen LogP contribution >= 0.6 is 0 Å². The molecular weight excluding hydrogens is 185 g/mol. The van der Waals surface area contributed by atoms with Crippen molar-refractivity contribution in [3.8, 4) is 0 Å². The highest BCUT2D eigenvalue weighted by Crippen LogP contribution is 2.14. The lowest BCUT2D eigenvalue weighted by Gasteiger charge is -2.09. The van der Waals surface area contributed by atoms with E-state index in [9.17, 15) is 9.18 Å². The Balaban J connectivity index is 2.79. The van der Waals surface area contributed by atoms with Gasteiger partial charge in [0.2, 0.25) is 0 Å². The lowest BCUT2D eigenvalue weighted by Crippen LogP contribution is -2.13. The average Bonchev–Trinajstić information content (AvgIpc) is 2.15. The summed E-state index contributed by atoms with van der Waals surface area (Å²) in [5, 5.41) is 11.5. The normalized spacial score (nSPS) is 12.1. The van der Waals surface area contributed by atoms with Gasteiger partial charge >= 0.3 is 5.97 Å². The van der Waals surface area contributed by atoms with Gasteiger partial charge in [0.1, 0.15) is 6.17 Å². The first kappa shape index (κ1) is 10.5. The number of carbonyl (C=O) groups is 1. The fourth-order valence-corrected chi connectivity index (χ4v) is 1.07. The molecule has 76 valence electrons. The zero-order chi connectivity index (χ0) is 10.6. The molecule has 0 aliphatic carbocycles. The molecule has 14 heavy (non-hydrogen) atoms. The Hall–Kier alpha value is -1.58. The van der Waals surface area contributed by atoms with E-state index in [1.165, 1.54) is 13.0 Å². The molecule has 0 fully saturated rings. The molecule has 0 aromatic heterocycles. The van der Waals surface area contributed by atoms with Gasteiger partial charge in [-0.1, -0.05) is 12.1 Å². The molecule has 1 unspecified atom stereocenters. The van der Waals surface area contributed by atoms with Crippen molar-refractivity contribution in [3.05, 3.63) is 29.8 Å². The van der Waals surface area contributed by atoms with Crippen LogP contribution < -0.4 is 5.32 Å². The molecule has 4 heteroatoms. The minimum Gasteiger partial charge on any atom is -0.478 e. The molecule has 0 radical (unpaired) electrons. The molecule has 1 aromatic carbocycles. The maximum absolute atomic E-state index is 12.5. The van der Waals surface area contributed by atoms with Gasteiger partial charge in [0.05, 0.1) is 5.56 Å². The number of hydrogen-bond donors (Lipinski definition) is 2. The molecule has 0 amide bonds. The fraction of sp³-hybridized carbons (Fsp3) is 0.300. The van der Waals surface area contributed by atoms with Gasteiger partial charge in [-0.2, -0.15) is 0 Å². The van der Waals surface area contributed by atoms with Gasteiger partial charge in [0.25, 0.3) is 0 Å². The van der Waals surface area contributed by atoms with Crippen molar-refractivity contribution in [3.63, 3.8) is 0 Å². The summed E-state index contributed by atoms with van der Waals surface area (Å²) in [5.74, 6) is -1.01. The number of halogens is 1. The van der Waals surface area contributed by atoms with Crippen LogP contribution in [0.4, 0.5) is 10.1 Å². The average molecular weight is 197 g/mol. The number of carboxylic acid groups (broad SMARTS) is 1. The van der Waals surface area contributed by atoms with Crippen molar-refractivity contribution in [2.24, 2.45) is 0 Å². The predicted octanol–water partition coefficient (Wildman–Crippen LogP) is 2.15. The minimum atomic E-state index is -1.01. The quantitative estimate of drug-likeness (QED) is 0.777. The second-order valence-corrected chi connectivity index (χ2v) is 3.01. The molecule has 0 saturated carbocycles. The van der Waals surface area contributed by atoms with Crippen LogP contribution in [0.2, 0.25) is 0 Å². The van der Waals surface area contributed by atoms with E-state index >= 15 is 0 Å². The predicted molar refractivity (Wildman–Crippen MR) is 52.5 cm³/mol. The summed E-state index contributed by atoms with van der Waals surface area (Å²) in [7, 11) is 0. The third-order valence-electron chi connectivity index (χ3n) is 1.73. The first-order chi connectivity index (χ1) is 6.61. The Bertz CT molecular complexity index is 326. The van der Waals surface area contributed by atoms with Crippen molar-refractivity contribution in [1.82, 2.24) is 0 Å². The van der Waals surface area contributed by atoms with E-state index in [4.69, 9.17) is 5.11 Å². The van der Waals surface area contributed by atoms with Crippen LogP contribution in [0, 0.1) is 0 Å². The number of hydrogen-bond acceptors (Lipinski definition) is 2. The second-order valence-electron chi connectivity index (χ2n) is 3.01. The maximum atomic E-state index is 12.5. The summed E-state index contributed by atoms with van der Waals surface area (Å²) < 4.78 is 12.5. The molecule has 0 saturated heterocycles. The Morgan fingerprint density at radius 2 is 2.21 bits per heavy atom. The molecule has 0 heterocycles. The van der Waals surface area contributed by atoms with Gasteiger partial charge in [-0.05, 0) is 19.1 Å². The van der Waals surface area contributed by atoms with Crippen molar-refractivity contribution in [2.45, 2.75) is 13.1 Å². The van der Waals surface area contributed by atoms with Crippen LogP contribution in [0.25, 0.3) is 0 Å². The van der Waals surface area contributed by atoms with Crippen LogP contribution in [0.1, 0.15) is 17.3 Å². The molecule has 2 N–H and O–H groups in total. The van der Waals surface area contributed by atoms with Gasteiger partial charge in [0.15, 0.2) is 0 Å². The SMILES string of the molecule is CC(F)CNc1ccccc1C(=O)O. The van der Waals surface area contributed by atoms with Crippen LogP contribution in [-0.4, -0.2) is 23.8 Å². The largest absolute Gasteiger partial charge is 0.478 e. The van der Waals surface area contributed by atoms with E-state index in [1.807, 2.05) is 0 Å². The lowest BCUT2D eigenvalue weighted by atomic mass is 10.2. The molecule has 1 rings (SSSR count). The number of carboxylic acids is 1. The first-order valence-electron chi connectivity index (χ1n) is 4.31. The lowest BCUT2D eigenvalue weighted by molar-refractivity contribution is 0.0698. The Kier molecular flexibility index (Phi) is 3.45. The van der Waals surface area contributed by atoms with Gasteiger partial charge in [-0.3, -0.25) is 0 Å². The van der Waals surface area contributed by atoms with Crippen molar-refractivity contribution in [1.29, 1.82) is 0 Å². The van der Waals surface area contributed by atoms with E-state index in [1.54, 1.807) is 18.2 Å². The summed E-state index contributed by atoms with van der Waals surface area (Å²) in [4.78, 5) is 10.7. The van der Waals surface area contributed by atoms with Crippen LogP contribution in [-0.2, 0) is 0 Å². The number of para-hydroxylation sites is 1. The Morgan fingerprint density at radius 1 is 1.57 bits per heavy atom. The third kappa shape index (κ3) is 2.73. The van der Waals surface area contributed by atoms with E-state index in [-0.39, 0.29) is 12.1 Å². The zero-order valence-electron chi connectivity index (χ0n) is 7.83. The first-order valence-corrected chi connectivity index (χ1v) is 4.31. The van der Waals surface area contributed by atoms with Gasteiger partial charge < -0.3 is 10.4 Å². The number of nitrogens with one attached hydrogen (secondary N) is 1. The molecule has 0 aliphatic heterocycles. The van der Waals surface area contributed by atoms with Crippen molar-refractivity contribution >= 4 is 11.7 Å². The Labute approximate surface area is 81.6 Å². The topological polar surface area (TPSA) is 49.3 Å². The smallest absolute Gasteiger partial charge is 0.337 e. The van der Waals surface area contributed by atoms with Crippen molar-refractivity contribution in [2.75, 3.05) is 11.9 Å². The molecular formula is C10H12FNO2. The number of benzene rings is 1. The third-order valence-corrected chi connectivity index (χ3v) is 1.73. The molecule has 0 spiro atoms. The number of rotatable bonds is 4. The molecule has 1 aromatic rings. The highest BCUT2D eigenvalue weighted by molar-refractivity contribution is 5.94. The maximum Gasteiger partial charge on any atom is 0.337 e. The molecule has 3 nitrogen and oxygen atoms in total. The highest BCUT2D eigenvalue weighted by atomic mass is 19.1. The van der Waals surface area contributed by atoms with Crippen LogP contribution in [0.15, 0.2) is 24.3 Å². The van der Waals surface area contributed by atoms with E-state index < -0.39 is 12.1 Å². The van der Waals surface area contributed by atoms with Gasteiger partial charge in [0, 0.05) is 12.2 Å². The van der Waals surface area contributed by atoms with Crippen LogP contribution in [0.5, 0.6) is 0 Å². The van der Waals surface area contributed by atoms with Gasteiger partial charge in [-0.15, -0.1) is 0 Å². The molecule has 1 atom stereocenters. The summed E-state index contributed by atoms with van der Waals surface area (Å²) in [6, 6.07) is 6.44. The number of anilines is 1. The monoisotopic (exact) mass is 197 g/mol. The summed E-state index contributed by atoms with van der Waals surface area (Å²) >= 11 is 0. The van der Waals surface area contributed by atoms with E-state index in [0.29, 0.717) is 5.69 Å². The second kappa shape index (κ2) is 4.60. The standard InChI is InChI=1S/C10H12FNO2/c1-7(11)6-12-9-5-3-2-4-8(9)10(13)14/h2-5,7,12H,6H2,1H3,(H,13,14). The Morgan fingerprint density at radius 3 is 2.79 bits per heavy atom. The fourth-order valence-electron chi connectivity index (χ4n) is 1.07. The summed E-state index contributed by atoms with van der Waals surface area (Å²) in [6.07, 6.45) is -1.00. The molecule has 0 bridgehead atoms. The van der Waals surface area contributed by atoms with Gasteiger partial charge in [-0.25, -0.2) is 9.18 Å². The molecule has 0 aliphatic rings. The minimum absolute atomic E-state index is 0.115. The highest BCUT2D eigenvalue weighted by Gasteiger charge is 2.08. The van der Waals surface area contributed by atoms with E-state index in [2.05, 4.69) is 5.32 Å². The van der Waals surface area contributed by atoms with Crippen LogP contribution in [0.3, 0.4) is 0 Å².